The van der Waals surface area contributed by atoms with Crippen LogP contribution in [0.4, 0.5) is 0 Å². The van der Waals surface area contributed by atoms with Crippen LogP contribution < -0.4 is 10.5 Å². The van der Waals surface area contributed by atoms with Crippen LogP contribution in [0.5, 0.6) is 5.75 Å². The average molecular weight is 290 g/mol. The van der Waals surface area contributed by atoms with Crippen LogP contribution in [0.2, 0.25) is 0 Å². The summed E-state index contributed by atoms with van der Waals surface area (Å²) in [4.78, 5) is 2.39. The number of likely N-dealkylation sites (N-methyl/N-ethyl adjacent to an activating group) is 1. The van der Waals surface area contributed by atoms with E-state index in [9.17, 15) is 0 Å². The Morgan fingerprint density at radius 1 is 1.38 bits per heavy atom. The van der Waals surface area contributed by atoms with Gasteiger partial charge in [-0.05, 0) is 56.0 Å². The van der Waals surface area contributed by atoms with Crippen LogP contribution in [0.1, 0.15) is 36.4 Å². The Labute approximate surface area is 127 Å². The van der Waals surface area contributed by atoms with E-state index in [1.54, 1.807) is 7.11 Å². The summed E-state index contributed by atoms with van der Waals surface area (Å²) in [7, 11) is 3.88. The number of aryl methyl sites for hydroxylation is 1. The van der Waals surface area contributed by atoms with E-state index in [0.717, 1.165) is 31.7 Å². The maximum absolute atomic E-state index is 6.55. The molecule has 1 aromatic carbocycles. The van der Waals surface area contributed by atoms with Gasteiger partial charge in [0.25, 0.3) is 0 Å². The number of benzene rings is 1. The minimum absolute atomic E-state index is 0.0512. The fourth-order valence-electron chi connectivity index (χ4n) is 3.67. The number of hydrogen-bond acceptors (Lipinski definition) is 4. The number of methoxy groups -OCH3 is 1. The van der Waals surface area contributed by atoms with Crippen LogP contribution in [0.25, 0.3) is 0 Å². The van der Waals surface area contributed by atoms with Gasteiger partial charge in [-0.15, -0.1) is 0 Å². The van der Waals surface area contributed by atoms with Gasteiger partial charge in [0, 0.05) is 25.2 Å². The molecule has 0 amide bonds. The second-order valence-corrected chi connectivity index (χ2v) is 6.27. The zero-order valence-electron chi connectivity index (χ0n) is 13.0. The maximum Gasteiger partial charge on any atom is 0.119 e. The average Bonchev–Trinajstić information content (AvgIpc) is 3.00. The van der Waals surface area contributed by atoms with Crippen molar-refractivity contribution in [3.05, 3.63) is 29.3 Å². The molecule has 1 fully saturated rings. The van der Waals surface area contributed by atoms with Gasteiger partial charge in [-0.1, -0.05) is 6.07 Å². The molecule has 1 aliphatic carbocycles. The molecule has 1 heterocycles. The number of fused-ring (bicyclic) bond motifs is 1. The highest BCUT2D eigenvalue weighted by atomic mass is 16.5. The van der Waals surface area contributed by atoms with Gasteiger partial charge < -0.3 is 15.2 Å². The molecule has 2 N–H and O–H groups in total. The number of hydrogen-bond donors (Lipinski definition) is 1. The Bertz CT molecular complexity index is 486. The van der Waals surface area contributed by atoms with Gasteiger partial charge in [-0.3, -0.25) is 4.90 Å². The highest BCUT2D eigenvalue weighted by Gasteiger charge is 2.31. The molecule has 3 unspecified atom stereocenters. The predicted octanol–water partition coefficient (Wildman–Crippen LogP) is 2.12. The van der Waals surface area contributed by atoms with Crippen molar-refractivity contribution < 1.29 is 9.47 Å². The summed E-state index contributed by atoms with van der Waals surface area (Å²) in [5, 5.41) is 0. The predicted molar refractivity (Wildman–Crippen MR) is 83.6 cm³/mol. The summed E-state index contributed by atoms with van der Waals surface area (Å²) in [6.45, 7) is 1.90. The van der Waals surface area contributed by atoms with Crippen LogP contribution in [-0.2, 0) is 11.2 Å². The lowest BCUT2D eigenvalue weighted by Gasteiger charge is -2.38. The first-order chi connectivity index (χ1) is 10.2. The highest BCUT2D eigenvalue weighted by molar-refractivity contribution is 5.40. The molecule has 4 nitrogen and oxygen atoms in total. The minimum Gasteiger partial charge on any atom is -0.497 e. The lowest BCUT2D eigenvalue weighted by Crippen LogP contribution is -2.46. The van der Waals surface area contributed by atoms with E-state index < -0.39 is 0 Å². The third kappa shape index (κ3) is 3.07. The molecule has 0 radical (unpaired) electrons. The third-order valence-electron chi connectivity index (χ3n) is 4.92. The Morgan fingerprint density at radius 2 is 2.24 bits per heavy atom. The molecule has 0 aromatic heterocycles. The molecule has 116 valence electrons. The van der Waals surface area contributed by atoms with Crippen molar-refractivity contribution in [1.82, 2.24) is 4.90 Å². The molecule has 1 aromatic rings. The van der Waals surface area contributed by atoms with Gasteiger partial charge in [-0.2, -0.15) is 0 Å². The third-order valence-corrected chi connectivity index (χ3v) is 4.92. The van der Waals surface area contributed by atoms with Crippen molar-refractivity contribution in [2.45, 2.75) is 43.9 Å². The Balaban J connectivity index is 1.72. The van der Waals surface area contributed by atoms with E-state index in [0.29, 0.717) is 12.1 Å². The fourth-order valence-corrected chi connectivity index (χ4v) is 3.67. The topological polar surface area (TPSA) is 47.7 Å². The lowest BCUT2D eigenvalue weighted by atomic mass is 9.83. The van der Waals surface area contributed by atoms with Crippen molar-refractivity contribution in [3.63, 3.8) is 0 Å². The summed E-state index contributed by atoms with van der Waals surface area (Å²) >= 11 is 0. The molecule has 4 heteroatoms. The largest absolute Gasteiger partial charge is 0.497 e. The van der Waals surface area contributed by atoms with E-state index in [4.69, 9.17) is 15.2 Å². The van der Waals surface area contributed by atoms with E-state index >= 15 is 0 Å². The Morgan fingerprint density at radius 3 is 2.95 bits per heavy atom. The summed E-state index contributed by atoms with van der Waals surface area (Å²) in [5.74, 6) is 0.895. The van der Waals surface area contributed by atoms with E-state index in [-0.39, 0.29) is 6.04 Å². The van der Waals surface area contributed by atoms with Crippen LogP contribution in [-0.4, -0.2) is 44.4 Å². The van der Waals surface area contributed by atoms with Gasteiger partial charge in [0.2, 0.25) is 0 Å². The molecule has 2 aliphatic rings. The van der Waals surface area contributed by atoms with Crippen molar-refractivity contribution in [3.8, 4) is 5.75 Å². The smallest absolute Gasteiger partial charge is 0.119 e. The summed E-state index contributed by atoms with van der Waals surface area (Å²) in [5.41, 5.74) is 9.16. The Hall–Kier alpha value is -1.10. The van der Waals surface area contributed by atoms with Crippen molar-refractivity contribution in [2.24, 2.45) is 5.73 Å². The van der Waals surface area contributed by atoms with Crippen LogP contribution in [0, 0.1) is 0 Å². The second kappa shape index (κ2) is 6.34. The summed E-state index contributed by atoms with van der Waals surface area (Å²) < 4.78 is 11.1. The number of ether oxygens (including phenoxy) is 2. The van der Waals surface area contributed by atoms with E-state index in [1.165, 1.54) is 24.0 Å². The lowest BCUT2D eigenvalue weighted by molar-refractivity contribution is 0.0602. The highest BCUT2D eigenvalue weighted by Crippen LogP contribution is 2.33. The van der Waals surface area contributed by atoms with Gasteiger partial charge in [-0.25, -0.2) is 0 Å². The van der Waals surface area contributed by atoms with Crippen LogP contribution in [0.15, 0.2) is 18.2 Å². The normalized spacial score (nSPS) is 28.7. The molecule has 1 aliphatic heterocycles. The molecular weight excluding hydrogens is 264 g/mol. The monoisotopic (exact) mass is 290 g/mol. The summed E-state index contributed by atoms with van der Waals surface area (Å²) in [6.07, 6.45) is 4.96. The quantitative estimate of drug-likeness (QED) is 0.923. The van der Waals surface area contributed by atoms with Gasteiger partial charge in [0.15, 0.2) is 0 Å². The molecule has 21 heavy (non-hydrogen) atoms. The zero-order chi connectivity index (χ0) is 14.8. The van der Waals surface area contributed by atoms with Crippen molar-refractivity contribution >= 4 is 0 Å². The molecule has 1 saturated heterocycles. The second-order valence-electron chi connectivity index (χ2n) is 6.27. The first-order valence-electron chi connectivity index (χ1n) is 7.93. The van der Waals surface area contributed by atoms with E-state index in [1.807, 2.05) is 6.07 Å². The first kappa shape index (κ1) is 14.8. The standard InChI is InChI=1S/C17H26N2O2/c1-19(11-14-4-3-9-21-14)16-8-6-12-5-7-13(20-2)10-15(12)17(16)18/h5,7,10,14,16-17H,3-4,6,8-9,11,18H2,1-2H3. The molecular formula is C17H26N2O2. The SMILES string of the molecule is COc1ccc2c(c1)C(N)C(N(C)CC1CCCO1)CC2. The number of nitrogens with zero attached hydrogens (tertiary/aromatic N) is 1. The van der Waals surface area contributed by atoms with Gasteiger partial charge in [0.05, 0.1) is 13.2 Å². The Kier molecular flexibility index (Phi) is 4.48. The zero-order valence-corrected chi connectivity index (χ0v) is 13.0. The van der Waals surface area contributed by atoms with Crippen LogP contribution in [0.3, 0.4) is 0 Å². The van der Waals surface area contributed by atoms with Crippen LogP contribution >= 0.6 is 0 Å². The molecule has 0 spiro atoms. The first-order valence-corrected chi connectivity index (χ1v) is 7.93. The molecule has 0 saturated carbocycles. The minimum atomic E-state index is 0.0512. The fraction of sp³-hybridized carbons (Fsp3) is 0.647. The molecule has 0 bridgehead atoms. The maximum atomic E-state index is 6.55. The van der Waals surface area contributed by atoms with Gasteiger partial charge >= 0.3 is 0 Å². The van der Waals surface area contributed by atoms with Crippen molar-refractivity contribution in [2.75, 3.05) is 27.3 Å². The molecule has 3 rings (SSSR count). The number of nitrogens with two attached hydrogens (primary N) is 1. The summed E-state index contributed by atoms with van der Waals surface area (Å²) in [6, 6.07) is 6.72. The molecule has 3 atom stereocenters. The van der Waals surface area contributed by atoms with Crippen molar-refractivity contribution in [1.29, 1.82) is 0 Å². The number of rotatable bonds is 4. The van der Waals surface area contributed by atoms with Gasteiger partial charge in [0.1, 0.15) is 5.75 Å². The van der Waals surface area contributed by atoms with E-state index in [2.05, 4.69) is 24.1 Å².